The molecule has 3 aliphatic rings. The lowest BCUT2D eigenvalue weighted by atomic mass is 9.69. The maximum absolute atomic E-state index is 5.25. The van der Waals surface area contributed by atoms with Gasteiger partial charge in [-0.25, -0.2) is 15.0 Å². The van der Waals surface area contributed by atoms with Gasteiger partial charge in [0.1, 0.15) is 0 Å². The Hall–Kier alpha value is -6.71. The third-order valence-electron chi connectivity index (χ3n) is 11.4. The molecule has 3 aliphatic carbocycles. The molecule has 1 spiro atoms. The van der Waals surface area contributed by atoms with Gasteiger partial charge in [-0.15, -0.1) is 0 Å². The Balaban J connectivity index is 1.24. The van der Waals surface area contributed by atoms with E-state index in [1.807, 2.05) is 36.4 Å². The zero-order valence-corrected chi connectivity index (χ0v) is 29.0. The van der Waals surface area contributed by atoms with Crippen molar-refractivity contribution in [3.05, 3.63) is 204 Å². The summed E-state index contributed by atoms with van der Waals surface area (Å²) in [5.41, 5.74) is 15.8. The Labute approximate surface area is 308 Å². The molecular weight excluding hydrogens is 643 g/mol. The maximum atomic E-state index is 5.25. The molecule has 0 saturated heterocycles. The van der Waals surface area contributed by atoms with E-state index in [-0.39, 0.29) is 5.41 Å². The van der Waals surface area contributed by atoms with Crippen LogP contribution in [-0.4, -0.2) is 15.0 Å². The molecule has 7 aromatic carbocycles. The zero-order chi connectivity index (χ0) is 34.9. The molecule has 11 rings (SSSR count). The van der Waals surface area contributed by atoms with Gasteiger partial charge in [-0.1, -0.05) is 170 Å². The van der Waals surface area contributed by atoms with Crippen LogP contribution in [0.25, 0.3) is 72.8 Å². The summed E-state index contributed by atoms with van der Waals surface area (Å²) in [6.07, 6.45) is 6.81. The van der Waals surface area contributed by atoms with Gasteiger partial charge < -0.3 is 0 Å². The number of aromatic nitrogens is 3. The Morgan fingerprint density at radius 3 is 1.68 bits per heavy atom. The molecule has 0 radical (unpaired) electrons. The van der Waals surface area contributed by atoms with Crippen molar-refractivity contribution >= 4 is 16.3 Å². The van der Waals surface area contributed by atoms with E-state index in [2.05, 4.69) is 140 Å². The molecule has 1 aromatic heterocycles. The van der Waals surface area contributed by atoms with E-state index >= 15 is 0 Å². The van der Waals surface area contributed by atoms with Crippen molar-refractivity contribution in [2.45, 2.75) is 18.3 Å². The van der Waals surface area contributed by atoms with Crippen LogP contribution in [0.4, 0.5) is 0 Å². The number of benzene rings is 7. The predicted octanol–water partition coefficient (Wildman–Crippen LogP) is 12.1. The van der Waals surface area contributed by atoms with E-state index in [9.17, 15) is 0 Å². The molecule has 0 N–H and O–H groups in total. The normalized spacial score (nSPS) is 14.6. The highest BCUT2D eigenvalue weighted by Crippen LogP contribution is 2.64. The minimum atomic E-state index is -0.385. The second-order valence-corrected chi connectivity index (χ2v) is 14.2. The van der Waals surface area contributed by atoms with Crippen molar-refractivity contribution in [3.8, 4) is 56.4 Å². The minimum Gasteiger partial charge on any atom is -0.208 e. The molecule has 3 nitrogen and oxygen atoms in total. The second-order valence-electron chi connectivity index (χ2n) is 14.2. The van der Waals surface area contributed by atoms with Crippen molar-refractivity contribution in [1.29, 1.82) is 0 Å². The predicted molar refractivity (Wildman–Crippen MR) is 216 cm³/mol. The van der Waals surface area contributed by atoms with Gasteiger partial charge in [0.25, 0.3) is 0 Å². The van der Waals surface area contributed by atoms with Crippen molar-refractivity contribution < 1.29 is 0 Å². The second kappa shape index (κ2) is 11.7. The van der Waals surface area contributed by atoms with Gasteiger partial charge in [0.15, 0.2) is 17.5 Å². The first-order chi connectivity index (χ1) is 26.3. The summed E-state index contributed by atoms with van der Waals surface area (Å²) in [5, 5.41) is 2.37. The number of nitrogens with zero attached hydrogens (tertiary/aromatic N) is 3. The smallest absolute Gasteiger partial charge is 0.164 e. The molecular formula is C50H33N3. The fraction of sp³-hybridized carbons (Fsp3) is 0.0600. The average Bonchev–Trinajstić information content (AvgIpc) is 3.71. The van der Waals surface area contributed by atoms with Crippen molar-refractivity contribution in [2.75, 3.05) is 0 Å². The van der Waals surface area contributed by atoms with E-state index in [4.69, 9.17) is 15.0 Å². The molecule has 0 unspecified atom stereocenters. The highest BCUT2D eigenvalue weighted by molar-refractivity contribution is 6.08. The monoisotopic (exact) mass is 675 g/mol. The highest BCUT2D eigenvalue weighted by Gasteiger charge is 2.52. The lowest BCUT2D eigenvalue weighted by molar-refractivity contribution is 0.780. The summed E-state index contributed by atoms with van der Waals surface area (Å²) in [6.45, 7) is 0. The van der Waals surface area contributed by atoms with E-state index < -0.39 is 0 Å². The summed E-state index contributed by atoms with van der Waals surface area (Å²) in [4.78, 5) is 15.5. The van der Waals surface area contributed by atoms with Gasteiger partial charge in [-0.2, -0.15) is 0 Å². The summed E-state index contributed by atoms with van der Waals surface area (Å²) in [5.74, 6) is 1.98. The Morgan fingerprint density at radius 2 is 0.981 bits per heavy atom. The Kier molecular flexibility index (Phi) is 6.59. The summed E-state index contributed by atoms with van der Waals surface area (Å²) < 4.78 is 0. The quantitative estimate of drug-likeness (QED) is 0.186. The number of allylic oxidation sites excluding steroid dienone is 4. The van der Waals surface area contributed by atoms with Gasteiger partial charge in [0.05, 0.1) is 5.41 Å². The van der Waals surface area contributed by atoms with Crippen LogP contribution in [0.2, 0.25) is 0 Å². The van der Waals surface area contributed by atoms with Crippen LogP contribution in [0, 0.1) is 0 Å². The molecule has 0 saturated carbocycles. The fourth-order valence-electron chi connectivity index (χ4n) is 9.31. The van der Waals surface area contributed by atoms with Crippen LogP contribution in [0.5, 0.6) is 0 Å². The summed E-state index contributed by atoms with van der Waals surface area (Å²) in [7, 11) is 0. The van der Waals surface area contributed by atoms with Crippen molar-refractivity contribution in [2.24, 2.45) is 0 Å². The summed E-state index contributed by atoms with van der Waals surface area (Å²) in [6, 6.07) is 58.7. The zero-order valence-electron chi connectivity index (χ0n) is 29.0. The maximum Gasteiger partial charge on any atom is 0.164 e. The molecule has 0 aliphatic heterocycles. The number of hydrogen-bond acceptors (Lipinski definition) is 3. The molecule has 8 aromatic rings. The molecule has 1 heterocycles. The van der Waals surface area contributed by atoms with Crippen molar-refractivity contribution in [3.63, 3.8) is 0 Å². The van der Waals surface area contributed by atoms with Crippen molar-refractivity contribution in [1.82, 2.24) is 15.0 Å². The van der Waals surface area contributed by atoms with E-state index in [0.29, 0.717) is 17.5 Å². The molecule has 53 heavy (non-hydrogen) atoms. The molecule has 248 valence electrons. The minimum absolute atomic E-state index is 0.385. The molecule has 0 amide bonds. The van der Waals surface area contributed by atoms with Gasteiger partial charge in [0.2, 0.25) is 0 Å². The largest absolute Gasteiger partial charge is 0.208 e. The fourth-order valence-corrected chi connectivity index (χ4v) is 9.31. The third kappa shape index (κ3) is 4.31. The first-order valence-corrected chi connectivity index (χ1v) is 18.4. The van der Waals surface area contributed by atoms with Crippen LogP contribution in [0.1, 0.15) is 35.1 Å². The van der Waals surface area contributed by atoms with Gasteiger partial charge >= 0.3 is 0 Å². The lowest BCUT2D eigenvalue weighted by Gasteiger charge is -2.32. The number of hydrogen-bond donors (Lipinski definition) is 0. The van der Waals surface area contributed by atoms with Crippen LogP contribution in [0.15, 0.2) is 182 Å². The Morgan fingerprint density at radius 1 is 0.415 bits per heavy atom. The third-order valence-corrected chi connectivity index (χ3v) is 11.4. The van der Waals surface area contributed by atoms with E-state index in [0.717, 1.165) is 35.1 Å². The van der Waals surface area contributed by atoms with Crippen LogP contribution < -0.4 is 0 Å². The molecule has 0 atom stereocenters. The standard InChI is InChI=1S/C50H33N3/c1-3-17-33(18-4-1)47-51-48(34-19-5-2-6-20-34)53-49(52-47)40-31-30-32-16-7-8-21-35(32)45(40)39-25-15-29-44-46(39)38-24-11-14-28-43(38)50(44)41-26-12-9-22-36(41)37-23-10-13-27-42(37)50/h1-10,12-23,25-31H,11,24H2. The molecule has 3 heteroatoms. The van der Waals surface area contributed by atoms with E-state index in [1.54, 1.807) is 0 Å². The molecule has 0 bridgehead atoms. The van der Waals surface area contributed by atoms with Gasteiger partial charge in [-0.3, -0.25) is 0 Å². The Bertz CT molecular complexity index is 2730. The average molecular weight is 676 g/mol. The topological polar surface area (TPSA) is 38.7 Å². The first-order valence-electron chi connectivity index (χ1n) is 18.4. The number of rotatable bonds is 4. The van der Waals surface area contributed by atoms with E-state index in [1.165, 1.54) is 60.9 Å². The number of fused-ring (bicyclic) bond motifs is 10. The van der Waals surface area contributed by atoms with Crippen LogP contribution >= 0.6 is 0 Å². The van der Waals surface area contributed by atoms with Gasteiger partial charge in [0, 0.05) is 22.3 Å². The SMILES string of the molecule is C1=CC2=C(CC1)c1c(-c3c(-c4nc(-c5ccccc5)nc(-c5ccccc5)n4)ccc4ccccc34)cccc1C21c2ccccc2-c2ccccc21. The first kappa shape index (κ1) is 30.0. The summed E-state index contributed by atoms with van der Waals surface area (Å²) >= 11 is 0. The van der Waals surface area contributed by atoms with Crippen LogP contribution in [-0.2, 0) is 5.41 Å². The molecule has 0 fully saturated rings. The van der Waals surface area contributed by atoms with Crippen LogP contribution in [0.3, 0.4) is 0 Å². The lowest BCUT2D eigenvalue weighted by Crippen LogP contribution is -2.27. The van der Waals surface area contributed by atoms with Gasteiger partial charge in [-0.05, 0) is 79.8 Å². The highest BCUT2D eigenvalue weighted by atomic mass is 15.0.